The molecule has 32 heavy (non-hydrogen) atoms. The average Bonchev–Trinajstić information content (AvgIpc) is 3.16. The van der Waals surface area contributed by atoms with Crippen molar-refractivity contribution < 1.29 is 4.79 Å². The Morgan fingerprint density at radius 2 is 1.66 bits per heavy atom. The maximum absolute atomic E-state index is 13.0. The average molecular weight is 424 g/mol. The number of piperidine rings is 1. The van der Waals surface area contributed by atoms with Gasteiger partial charge in [0.15, 0.2) is 0 Å². The molecule has 2 aliphatic heterocycles. The van der Waals surface area contributed by atoms with Crippen LogP contribution in [0.2, 0.25) is 0 Å². The lowest BCUT2D eigenvalue weighted by Crippen LogP contribution is -2.54. The molecule has 2 aliphatic rings. The van der Waals surface area contributed by atoms with E-state index >= 15 is 0 Å². The molecule has 1 amide bonds. The Kier molecular flexibility index (Phi) is 4.58. The Bertz CT molecular complexity index is 1330. The van der Waals surface area contributed by atoms with E-state index in [1.807, 2.05) is 0 Å². The van der Waals surface area contributed by atoms with Crippen molar-refractivity contribution in [2.75, 3.05) is 13.1 Å². The molecular formula is C28H29N3O. The SMILES string of the molecule is CCn1c2ccccc2c2cc(CN3CCC4(CC3)C(=O)NCc3ccccc34)ccc21. The van der Waals surface area contributed by atoms with Crippen LogP contribution in [0.3, 0.4) is 0 Å². The van der Waals surface area contributed by atoms with Crippen LogP contribution in [0.25, 0.3) is 21.8 Å². The summed E-state index contributed by atoms with van der Waals surface area (Å²) >= 11 is 0. The van der Waals surface area contributed by atoms with E-state index in [-0.39, 0.29) is 11.3 Å². The Hall–Kier alpha value is -3.11. The van der Waals surface area contributed by atoms with Crippen molar-refractivity contribution >= 4 is 27.7 Å². The third-order valence-corrected chi connectivity index (χ3v) is 7.68. The van der Waals surface area contributed by atoms with E-state index in [9.17, 15) is 4.79 Å². The minimum Gasteiger partial charge on any atom is -0.351 e. The lowest BCUT2D eigenvalue weighted by molar-refractivity contribution is -0.129. The molecule has 3 aromatic carbocycles. The number of nitrogens with zero attached hydrogens (tertiary/aromatic N) is 2. The fraction of sp³-hybridized carbons (Fsp3) is 0.321. The largest absolute Gasteiger partial charge is 0.351 e. The van der Waals surface area contributed by atoms with Gasteiger partial charge in [-0.2, -0.15) is 0 Å². The number of para-hydroxylation sites is 1. The highest BCUT2D eigenvalue weighted by Crippen LogP contribution is 2.40. The van der Waals surface area contributed by atoms with Gasteiger partial charge in [-0.25, -0.2) is 0 Å². The van der Waals surface area contributed by atoms with Crippen molar-refractivity contribution in [3.05, 3.63) is 83.4 Å². The van der Waals surface area contributed by atoms with Crippen molar-refractivity contribution in [3.63, 3.8) is 0 Å². The lowest BCUT2D eigenvalue weighted by Gasteiger charge is -2.44. The molecule has 1 N–H and O–H groups in total. The number of carbonyl (C=O) groups is 1. The van der Waals surface area contributed by atoms with Crippen molar-refractivity contribution in [1.82, 2.24) is 14.8 Å². The zero-order chi connectivity index (χ0) is 21.7. The third kappa shape index (κ3) is 2.90. The summed E-state index contributed by atoms with van der Waals surface area (Å²) in [6.45, 7) is 6.66. The Morgan fingerprint density at radius 3 is 2.50 bits per heavy atom. The summed E-state index contributed by atoms with van der Waals surface area (Å²) in [5, 5.41) is 5.82. The number of aryl methyl sites for hydroxylation is 1. The van der Waals surface area contributed by atoms with Crippen LogP contribution in [-0.4, -0.2) is 28.5 Å². The van der Waals surface area contributed by atoms with E-state index in [1.54, 1.807) is 0 Å². The van der Waals surface area contributed by atoms with Crippen molar-refractivity contribution in [3.8, 4) is 0 Å². The van der Waals surface area contributed by atoms with E-state index in [2.05, 4.69) is 88.4 Å². The Balaban J connectivity index is 1.26. The lowest BCUT2D eigenvalue weighted by atomic mass is 9.68. The molecule has 0 unspecified atom stereocenters. The van der Waals surface area contributed by atoms with Gasteiger partial charge in [0.25, 0.3) is 0 Å². The van der Waals surface area contributed by atoms with Gasteiger partial charge in [0.2, 0.25) is 5.91 Å². The number of aromatic nitrogens is 1. The smallest absolute Gasteiger partial charge is 0.231 e. The highest BCUT2D eigenvalue weighted by molar-refractivity contribution is 6.08. The number of hydrogen-bond donors (Lipinski definition) is 1. The predicted molar refractivity (Wildman–Crippen MR) is 130 cm³/mol. The maximum Gasteiger partial charge on any atom is 0.231 e. The molecule has 1 aromatic heterocycles. The molecule has 0 bridgehead atoms. The molecule has 162 valence electrons. The van der Waals surface area contributed by atoms with Gasteiger partial charge in [-0.05, 0) is 67.7 Å². The van der Waals surface area contributed by atoms with Gasteiger partial charge in [-0.1, -0.05) is 48.5 Å². The van der Waals surface area contributed by atoms with Crippen LogP contribution >= 0.6 is 0 Å². The number of rotatable bonds is 3. The maximum atomic E-state index is 13.0. The number of likely N-dealkylation sites (tertiary alicyclic amines) is 1. The standard InChI is InChI=1S/C28H29N3O/c1-2-31-25-10-6-4-8-22(25)23-17-20(11-12-26(23)31)19-30-15-13-28(14-16-30)24-9-5-3-7-21(24)18-29-27(28)32/h3-12,17H,2,13-16,18-19H2,1H3,(H,29,32). The predicted octanol–water partition coefficient (Wildman–Crippen LogP) is 4.98. The summed E-state index contributed by atoms with van der Waals surface area (Å²) in [4.78, 5) is 15.5. The van der Waals surface area contributed by atoms with Gasteiger partial charge < -0.3 is 9.88 Å². The van der Waals surface area contributed by atoms with E-state index in [4.69, 9.17) is 0 Å². The van der Waals surface area contributed by atoms with Gasteiger partial charge in [-0.3, -0.25) is 9.69 Å². The van der Waals surface area contributed by atoms with Gasteiger partial charge in [0.1, 0.15) is 0 Å². The first-order valence-electron chi connectivity index (χ1n) is 11.8. The molecule has 0 aliphatic carbocycles. The molecule has 6 rings (SSSR count). The van der Waals surface area contributed by atoms with Crippen molar-refractivity contribution in [1.29, 1.82) is 0 Å². The molecular weight excluding hydrogens is 394 g/mol. The topological polar surface area (TPSA) is 37.3 Å². The summed E-state index contributed by atoms with van der Waals surface area (Å²) < 4.78 is 2.40. The van der Waals surface area contributed by atoms with Crippen LogP contribution in [0.4, 0.5) is 0 Å². The van der Waals surface area contributed by atoms with E-state index < -0.39 is 0 Å². The van der Waals surface area contributed by atoms with Crippen molar-refractivity contribution in [2.24, 2.45) is 0 Å². The summed E-state index contributed by atoms with van der Waals surface area (Å²) in [5.74, 6) is 0.213. The van der Waals surface area contributed by atoms with Crippen LogP contribution in [0.15, 0.2) is 66.7 Å². The highest BCUT2D eigenvalue weighted by Gasteiger charge is 2.45. The zero-order valence-corrected chi connectivity index (χ0v) is 18.6. The summed E-state index contributed by atoms with van der Waals surface area (Å²) in [5.41, 5.74) is 6.13. The first-order valence-corrected chi connectivity index (χ1v) is 11.8. The van der Waals surface area contributed by atoms with Crippen LogP contribution < -0.4 is 5.32 Å². The fourth-order valence-corrected chi connectivity index (χ4v) is 6.00. The molecule has 4 aromatic rings. The van der Waals surface area contributed by atoms with E-state index in [0.717, 1.165) is 39.0 Å². The normalized spacial score (nSPS) is 18.2. The summed E-state index contributed by atoms with van der Waals surface area (Å²) in [7, 11) is 0. The van der Waals surface area contributed by atoms with Crippen molar-refractivity contribution in [2.45, 2.75) is 44.8 Å². The minimum atomic E-state index is -0.357. The van der Waals surface area contributed by atoms with Gasteiger partial charge in [0.05, 0.1) is 5.41 Å². The van der Waals surface area contributed by atoms with Crippen LogP contribution in [0, 0.1) is 0 Å². The van der Waals surface area contributed by atoms with Crippen LogP contribution in [0.5, 0.6) is 0 Å². The molecule has 0 saturated carbocycles. The number of amides is 1. The highest BCUT2D eigenvalue weighted by atomic mass is 16.2. The molecule has 4 heteroatoms. The number of hydrogen-bond acceptors (Lipinski definition) is 2. The van der Waals surface area contributed by atoms with E-state index in [1.165, 1.54) is 38.5 Å². The Labute approximate surface area is 188 Å². The molecule has 3 heterocycles. The van der Waals surface area contributed by atoms with Gasteiger partial charge in [-0.15, -0.1) is 0 Å². The molecule has 1 saturated heterocycles. The zero-order valence-electron chi connectivity index (χ0n) is 18.6. The van der Waals surface area contributed by atoms with Gasteiger partial charge in [0, 0.05) is 41.4 Å². The first kappa shape index (κ1) is 19.6. The van der Waals surface area contributed by atoms with E-state index in [0.29, 0.717) is 6.54 Å². The number of benzene rings is 3. The quantitative estimate of drug-likeness (QED) is 0.505. The molecule has 1 fully saturated rings. The van der Waals surface area contributed by atoms with Gasteiger partial charge >= 0.3 is 0 Å². The second-order valence-electron chi connectivity index (χ2n) is 9.31. The Morgan fingerprint density at radius 1 is 0.906 bits per heavy atom. The third-order valence-electron chi connectivity index (χ3n) is 7.68. The summed E-state index contributed by atoms with van der Waals surface area (Å²) in [6.07, 6.45) is 1.76. The minimum absolute atomic E-state index is 0.213. The number of carbonyl (C=O) groups excluding carboxylic acids is 1. The van der Waals surface area contributed by atoms with Crippen LogP contribution in [-0.2, 0) is 29.8 Å². The fourth-order valence-electron chi connectivity index (χ4n) is 6.00. The molecule has 0 radical (unpaired) electrons. The second kappa shape index (κ2) is 7.49. The molecule has 0 atom stereocenters. The number of nitrogens with one attached hydrogen (secondary N) is 1. The second-order valence-corrected chi connectivity index (χ2v) is 9.31. The van der Waals surface area contributed by atoms with Crippen LogP contribution in [0.1, 0.15) is 36.5 Å². The monoisotopic (exact) mass is 423 g/mol. The summed E-state index contributed by atoms with van der Waals surface area (Å²) in [6, 6.07) is 24.1. The molecule has 4 nitrogen and oxygen atoms in total. The molecule has 1 spiro atoms. The number of fused-ring (bicyclic) bond motifs is 5. The first-order chi connectivity index (χ1) is 15.7.